The molecule has 0 saturated carbocycles. The van der Waals surface area contributed by atoms with Gasteiger partial charge in [0, 0.05) is 40.3 Å². The Hall–Kier alpha value is -3.08. The maximum absolute atomic E-state index is 5.18. The van der Waals surface area contributed by atoms with Crippen LogP contribution in [0.4, 0.5) is 11.5 Å². The van der Waals surface area contributed by atoms with Crippen molar-refractivity contribution < 1.29 is 4.74 Å². The second-order valence-corrected chi connectivity index (χ2v) is 4.93. The Bertz CT molecular complexity index is 961. The van der Waals surface area contributed by atoms with Crippen LogP contribution in [0.3, 0.4) is 0 Å². The molecule has 0 saturated heterocycles. The molecule has 0 amide bonds. The summed E-state index contributed by atoms with van der Waals surface area (Å²) in [5.74, 6) is 1.41. The quantitative estimate of drug-likeness (QED) is 0.604. The van der Waals surface area contributed by atoms with E-state index in [1.807, 2.05) is 36.5 Å². The molecule has 1 radical (unpaired) electrons. The fourth-order valence-electron chi connectivity index (χ4n) is 2.46. The smallest absolute Gasteiger partial charge is 0.141 e. The minimum absolute atomic E-state index is 0.658. The number of benzene rings is 2. The Balaban J connectivity index is 1.76. The van der Waals surface area contributed by atoms with Gasteiger partial charge in [-0.2, -0.15) is 0 Å². The number of hydrogen-bond acceptors (Lipinski definition) is 4. The molecular weight excluding hydrogens is 276 g/mol. The first-order valence-corrected chi connectivity index (χ1v) is 6.88. The SMILES string of the molecule is COc1[c]cc2c(Nc3ccc4[nH]ccc4c3)ncnc2c1. The Morgan fingerprint density at radius 3 is 3.05 bits per heavy atom. The molecule has 0 unspecified atom stereocenters. The van der Waals surface area contributed by atoms with Gasteiger partial charge in [0.25, 0.3) is 0 Å². The number of nitrogens with zero attached hydrogens (tertiary/aromatic N) is 2. The Morgan fingerprint density at radius 2 is 2.14 bits per heavy atom. The van der Waals surface area contributed by atoms with E-state index in [1.54, 1.807) is 13.4 Å². The van der Waals surface area contributed by atoms with Gasteiger partial charge in [-0.3, -0.25) is 0 Å². The van der Waals surface area contributed by atoms with E-state index in [1.165, 1.54) is 0 Å². The summed E-state index contributed by atoms with van der Waals surface area (Å²) in [4.78, 5) is 11.8. The van der Waals surface area contributed by atoms with Gasteiger partial charge in [-0.15, -0.1) is 0 Å². The molecule has 107 valence electrons. The molecule has 5 nitrogen and oxygen atoms in total. The van der Waals surface area contributed by atoms with Crippen LogP contribution in [0.25, 0.3) is 21.8 Å². The van der Waals surface area contributed by atoms with Crippen LogP contribution in [0.2, 0.25) is 0 Å². The third kappa shape index (κ3) is 2.13. The number of H-pyrrole nitrogens is 1. The average Bonchev–Trinajstić information content (AvgIpc) is 3.02. The van der Waals surface area contributed by atoms with Crippen molar-refractivity contribution in [3.05, 3.63) is 55.0 Å². The number of ether oxygens (including phenoxy) is 1. The zero-order valence-electron chi connectivity index (χ0n) is 11.9. The van der Waals surface area contributed by atoms with Crippen LogP contribution < -0.4 is 10.1 Å². The van der Waals surface area contributed by atoms with Crippen LogP contribution in [0.5, 0.6) is 5.75 Å². The topological polar surface area (TPSA) is 62.8 Å². The first-order valence-electron chi connectivity index (χ1n) is 6.88. The number of methoxy groups -OCH3 is 1. The van der Waals surface area contributed by atoms with Crippen molar-refractivity contribution in [2.75, 3.05) is 12.4 Å². The van der Waals surface area contributed by atoms with Crippen LogP contribution in [0.15, 0.2) is 48.9 Å². The number of aromatic amines is 1. The highest BCUT2D eigenvalue weighted by molar-refractivity contribution is 5.92. The van der Waals surface area contributed by atoms with Crippen LogP contribution >= 0.6 is 0 Å². The molecule has 2 heterocycles. The van der Waals surface area contributed by atoms with Crippen molar-refractivity contribution >= 4 is 33.3 Å². The average molecular weight is 289 g/mol. The molecule has 0 aliphatic carbocycles. The van der Waals surface area contributed by atoms with E-state index in [0.717, 1.165) is 33.3 Å². The second-order valence-electron chi connectivity index (χ2n) is 4.93. The summed E-state index contributed by atoms with van der Waals surface area (Å²) in [6, 6.07) is 14.9. The van der Waals surface area contributed by atoms with E-state index in [-0.39, 0.29) is 0 Å². The van der Waals surface area contributed by atoms with Crippen molar-refractivity contribution in [2.45, 2.75) is 0 Å². The first kappa shape index (κ1) is 12.6. The molecule has 0 aliphatic heterocycles. The number of fused-ring (bicyclic) bond motifs is 2. The van der Waals surface area contributed by atoms with Gasteiger partial charge in [-0.25, -0.2) is 9.97 Å². The number of hydrogen-bond donors (Lipinski definition) is 2. The fraction of sp³-hybridized carbons (Fsp3) is 0.0588. The van der Waals surface area contributed by atoms with Crippen molar-refractivity contribution in [3.63, 3.8) is 0 Å². The largest absolute Gasteiger partial charge is 0.496 e. The molecule has 0 atom stereocenters. The summed E-state index contributed by atoms with van der Waals surface area (Å²) in [5, 5.41) is 5.39. The molecule has 0 spiro atoms. The predicted octanol–water partition coefficient (Wildman–Crippen LogP) is 3.66. The standard InChI is InChI=1S/C17H13N4O/c1-22-13-3-4-14-16(9-13)19-10-20-17(14)21-12-2-5-15-11(8-12)6-7-18-15/h2,4-10,18H,1H3,(H,19,20,21). The predicted molar refractivity (Wildman–Crippen MR) is 86.5 cm³/mol. The molecule has 2 N–H and O–H groups in total. The number of anilines is 2. The normalized spacial score (nSPS) is 11.0. The van der Waals surface area contributed by atoms with Crippen LogP contribution in [-0.4, -0.2) is 22.1 Å². The third-order valence-electron chi connectivity index (χ3n) is 3.58. The Kier molecular flexibility index (Phi) is 2.89. The maximum Gasteiger partial charge on any atom is 0.141 e. The number of rotatable bonds is 3. The lowest BCUT2D eigenvalue weighted by Crippen LogP contribution is -1.96. The van der Waals surface area contributed by atoms with E-state index < -0.39 is 0 Å². The highest BCUT2D eigenvalue weighted by Crippen LogP contribution is 2.27. The van der Waals surface area contributed by atoms with E-state index >= 15 is 0 Å². The van der Waals surface area contributed by atoms with Crippen LogP contribution in [-0.2, 0) is 0 Å². The van der Waals surface area contributed by atoms with Gasteiger partial charge < -0.3 is 15.0 Å². The number of aromatic nitrogens is 3. The summed E-state index contributed by atoms with van der Waals surface area (Å²) >= 11 is 0. The third-order valence-corrected chi connectivity index (χ3v) is 3.58. The van der Waals surface area contributed by atoms with E-state index in [2.05, 4.69) is 32.4 Å². The van der Waals surface area contributed by atoms with Crippen molar-refractivity contribution in [1.82, 2.24) is 15.0 Å². The van der Waals surface area contributed by atoms with Gasteiger partial charge in [0.15, 0.2) is 0 Å². The highest BCUT2D eigenvalue weighted by Gasteiger charge is 2.06. The minimum atomic E-state index is 0.658. The van der Waals surface area contributed by atoms with E-state index in [9.17, 15) is 0 Å². The molecule has 2 aromatic heterocycles. The molecule has 4 aromatic rings. The Labute approximate surface area is 127 Å². The molecule has 0 fully saturated rings. The lowest BCUT2D eigenvalue weighted by Gasteiger charge is -2.09. The van der Waals surface area contributed by atoms with Crippen molar-refractivity contribution in [1.29, 1.82) is 0 Å². The zero-order chi connectivity index (χ0) is 14.9. The minimum Gasteiger partial charge on any atom is -0.496 e. The monoisotopic (exact) mass is 289 g/mol. The summed E-state index contributed by atoms with van der Waals surface area (Å²) < 4.78 is 5.18. The van der Waals surface area contributed by atoms with Gasteiger partial charge in [-0.1, -0.05) is 0 Å². The number of nitrogens with one attached hydrogen (secondary N) is 2. The lowest BCUT2D eigenvalue weighted by atomic mass is 10.2. The molecule has 0 bridgehead atoms. The highest BCUT2D eigenvalue weighted by atomic mass is 16.5. The molecule has 4 rings (SSSR count). The molecule has 0 aliphatic rings. The first-order chi connectivity index (χ1) is 10.8. The Morgan fingerprint density at radius 1 is 1.18 bits per heavy atom. The zero-order valence-corrected chi connectivity index (χ0v) is 11.9. The molecular formula is C17H13N4O. The van der Waals surface area contributed by atoms with Gasteiger partial charge >= 0.3 is 0 Å². The van der Waals surface area contributed by atoms with Crippen molar-refractivity contribution in [2.24, 2.45) is 0 Å². The summed E-state index contributed by atoms with van der Waals surface area (Å²) in [5.41, 5.74) is 2.90. The van der Waals surface area contributed by atoms with Crippen LogP contribution in [0.1, 0.15) is 0 Å². The fourth-order valence-corrected chi connectivity index (χ4v) is 2.46. The van der Waals surface area contributed by atoms with Crippen molar-refractivity contribution in [3.8, 4) is 5.75 Å². The summed E-state index contributed by atoms with van der Waals surface area (Å²) in [6.07, 6.45) is 3.47. The molecule has 5 heteroatoms. The lowest BCUT2D eigenvalue weighted by molar-refractivity contribution is 0.414. The summed E-state index contributed by atoms with van der Waals surface area (Å²) in [6.45, 7) is 0. The van der Waals surface area contributed by atoms with Crippen LogP contribution in [0, 0.1) is 6.07 Å². The maximum atomic E-state index is 5.18. The van der Waals surface area contributed by atoms with Gasteiger partial charge in [0.05, 0.1) is 12.6 Å². The molecule has 2 aromatic carbocycles. The molecule has 22 heavy (non-hydrogen) atoms. The van der Waals surface area contributed by atoms with E-state index in [4.69, 9.17) is 4.74 Å². The van der Waals surface area contributed by atoms with E-state index in [0.29, 0.717) is 5.75 Å². The van der Waals surface area contributed by atoms with Gasteiger partial charge in [-0.05, 0) is 30.3 Å². The second kappa shape index (κ2) is 5.04. The van der Waals surface area contributed by atoms with Gasteiger partial charge in [0.1, 0.15) is 17.9 Å². The summed E-state index contributed by atoms with van der Waals surface area (Å²) in [7, 11) is 1.62. The van der Waals surface area contributed by atoms with Gasteiger partial charge in [0.2, 0.25) is 0 Å².